The molecule has 33 heavy (non-hydrogen) atoms. The Morgan fingerprint density at radius 3 is 1.64 bits per heavy atom. The van der Waals surface area contributed by atoms with Gasteiger partial charge in [-0.05, 0) is 13.3 Å². The smallest absolute Gasteiger partial charge is 0.857 e. The second-order valence-electron chi connectivity index (χ2n) is 5.11. The molecular formula is C21H40Br2NNaO8. The third kappa shape index (κ3) is 24.4. The van der Waals surface area contributed by atoms with Gasteiger partial charge < -0.3 is 25.4 Å². The summed E-state index contributed by atoms with van der Waals surface area (Å²) in [5, 5.41) is 17.2. The largest absolute Gasteiger partial charge is 1.00 e. The zero-order valence-corrected chi connectivity index (χ0v) is 24.2. The second-order valence-corrected chi connectivity index (χ2v) is 6.40. The Morgan fingerprint density at radius 2 is 1.48 bits per heavy atom. The normalized spacial score (nSPS) is 16.0. The van der Waals surface area contributed by atoms with Crippen LogP contribution in [0.25, 0.3) is 0 Å². The molecule has 12 heteroatoms. The Morgan fingerprint density at radius 1 is 1.09 bits per heavy atom. The van der Waals surface area contributed by atoms with Crippen molar-refractivity contribution in [2.24, 2.45) is 17.1 Å². The number of methoxy groups -OCH3 is 2. The van der Waals surface area contributed by atoms with Crippen LogP contribution in [-0.2, 0) is 28.7 Å². The van der Waals surface area contributed by atoms with E-state index in [0.29, 0.717) is 6.42 Å². The predicted octanol–water partition coefficient (Wildman–Crippen LogP) is -0.831. The number of amides is 1. The van der Waals surface area contributed by atoms with Crippen molar-refractivity contribution < 1.29 is 68.4 Å². The van der Waals surface area contributed by atoms with E-state index in [4.69, 9.17) is 15.9 Å². The van der Waals surface area contributed by atoms with Crippen LogP contribution in [0.2, 0.25) is 0 Å². The number of primary amides is 1. The fourth-order valence-corrected chi connectivity index (χ4v) is 2.30. The third-order valence-electron chi connectivity index (χ3n) is 3.25. The molecule has 0 saturated heterocycles. The van der Waals surface area contributed by atoms with E-state index < -0.39 is 23.3 Å². The number of hydrogen-bond donors (Lipinski definition) is 2. The Labute approximate surface area is 238 Å². The van der Waals surface area contributed by atoms with Gasteiger partial charge in [0.25, 0.3) is 0 Å². The zero-order valence-electron chi connectivity index (χ0n) is 19.0. The first kappa shape index (κ1) is 49.5. The number of aliphatic hydroxyl groups is 1. The molecule has 1 fully saturated rings. The van der Waals surface area contributed by atoms with E-state index in [1.807, 2.05) is 0 Å². The van der Waals surface area contributed by atoms with Crippen LogP contribution >= 0.6 is 31.9 Å². The van der Waals surface area contributed by atoms with Gasteiger partial charge in [0.2, 0.25) is 5.91 Å². The summed E-state index contributed by atoms with van der Waals surface area (Å²) in [6.07, 6.45) is 5.97. The number of halogens is 2. The van der Waals surface area contributed by atoms with E-state index in [9.17, 15) is 19.2 Å². The van der Waals surface area contributed by atoms with Crippen molar-refractivity contribution in [1.82, 2.24) is 0 Å². The summed E-state index contributed by atoms with van der Waals surface area (Å²) in [4.78, 5) is 42.4. The summed E-state index contributed by atoms with van der Waals surface area (Å²) in [6, 6.07) is 0. The van der Waals surface area contributed by atoms with Crippen molar-refractivity contribution >= 4 is 55.5 Å². The average Bonchev–Trinajstić information content (AvgIpc) is 3.51. The number of ether oxygens (including phenoxy) is 2. The minimum atomic E-state index is -1.11. The minimum Gasteiger partial charge on any atom is -0.857 e. The van der Waals surface area contributed by atoms with Gasteiger partial charge in [0.05, 0.1) is 14.2 Å². The molecule has 1 aliphatic rings. The maximum atomic E-state index is 11.1. The monoisotopic (exact) mass is 615 g/mol. The van der Waals surface area contributed by atoms with E-state index in [-0.39, 0.29) is 62.5 Å². The van der Waals surface area contributed by atoms with E-state index in [1.54, 1.807) is 6.08 Å². The van der Waals surface area contributed by atoms with Crippen LogP contribution in [0.4, 0.5) is 0 Å². The van der Waals surface area contributed by atoms with Gasteiger partial charge in [-0.15, -0.1) is 6.58 Å². The van der Waals surface area contributed by atoms with Crippen molar-refractivity contribution in [2.75, 3.05) is 39.1 Å². The molecule has 0 unspecified atom stereocenters. The Kier molecular flexibility index (Phi) is 50.5. The first-order chi connectivity index (χ1) is 14.2. The first-order valence-corrected chi connectivity index (χ1v) is 10.6. The van der Waals surface area contributed by atoms with Crippen molar-refractivity contribution in [3.05, 3.63) is 24.8 Å². The van der Waals surface area contributed by atoms with E-state index in [1.165, 1.54) is 21.1 Å². The fraction of sp³-hybridized carbons (Fsp3) is 0.619. The second kappa shape index (κ2) is 33.6. The van der Waals surface area contributed by atoms with Crippen LogP contribution < -0.4 is 40.4 Å². The van der Waals surface area contributed by atoms with Crippen LogP contribution in [-0.4, -0.2) is 67.8 Å². The molecule has 0 aliphatic heterocycles. The summed E-state index contributed by atoms with van der Waals surface area (Å²) in [6.45, 7) is 4.85. The van der Waals surface area contributed by atoms with Crippen LogP contribution in [0, 0.1) is 11.3 Å². The fourth-order valence-electron chi connectivity index (χ4n) is 1.77. The van der Waals surface area contributed by atoms with Crippen LogP contribution in [0.1, 0.15) is 34.6 Å². The summed E-state index contributed by atoms with van der Waals surface area (Å²) < 4.78 is 8.68. The topological polar surface area (TPSA) is 156 Å². The number of ketones is 1. The molecule has 1 amide bonds. The molecule has 0 spiro atoms. The van der Waals surface area contributed by atoms with Gasteiger partial charge >= 0.3 is 41.5 Å². The number of Topliss-reactive ketones (excluding diaryl/α,β-unsaturated/α-hetero) is 1. The number of carbonyl (C=O) groups is 4. The molecule has 0 bridgehead atoms. The minimum absolute atomic E-state index is 0. The quantitative estimate of drug-likeness (QED) is 0.123. The number of aliphatic hydroxyl groups excluding tert-OH is 1. The molecule has 0 heterocycles. The molecule has 0 aromatic rings. The summed E-state index contributed by atoms with van der Waals surface area (Å²) >= 11 is 6.49. The van der Waals surface area contributed by atoms with Crippen molar-refractivity contribution in [3.8, 4) is 0 Å². The third-order valence-corrected chi connectivity index (χ3v) is 4.00. The summed E-state index contributed by atoms with van der Waals surface area (Å²) in [5.74, 6) is -1.98. The number of rotatable bonds is 7. The number of alkyl halides is 2. The molecule has 0 aromatic heterocycles. The number of carbonyl (C=O) groups excluding carboxylic acids is 4. The van der Waals surface area contributed by atoms with Crippen molar-refractivity contribution in [3.63, 3.8) is 0 Å². The molecule has 1 aliphatic carbocycles. The van der Waals surface area contributed by atoms with Gasteiger partial charge in [-0.1, -0.05) is 64.9 Å². The molecule has 0 aromatic carbocycles. The van der Waals surface area contributed by atoms with Gasteiger partial charge in [-0.2, -0.15) is 7.11 Å². The van der Waals surface area contributed by atoms with Crippen LogP contribution in [0.3, 0.4) is 0 Å². The Balaban J connectivity index is -0.0000000573. The number of esters is 2. The first-order valence-electron chi connectivity index (χ1n) is 8.37. The molecule has 192 valence electrons. The number of allylic oxidation sites excluding steroid dienone is 3. The Bertz CT molecular complexity index is 542. The maximum Gasteiger partial charge on any atom is 1.00 e. The SMILES string of the molecule is BrC/C=C/CBr.C.C.C=C[C@H]1C[C@@]1(C(N)=O)C(=O)OC.CO.COC(=O)CC(C)=O.C[O-].[Na+]. The molecule has 0 radical (unpaired) electrons. The average molecular weight is 617 g/mol. The number of hydrogen-bond acceptors (Lipinski definition) is 8. The molecular weight excluding hydrogens is 577 g/mol. The molecule has 9 nitrogen and oxygen atoms in total. The van der Waals surface area contributed by atoms with Gasteiger partial charge in [-0.25, -0.2) is 0 Å². The maximum absolute atomic E-state index is 11.1. The predicted molar refractivity (Wildman–Crippen MR) is 134 cm³/mol. The molecule has 1 rings (SSSR count). The van der Waals surface area contributed by atoms with Crippen LogP contribution in [0.5, 0.6) is 0 Å². The summed E-state index contributed by atoms with van der Waals surface area (Å²) in [5.41, 5.74) is 3.97. The van der Waals surface area contributed by atoms with Gasteiger partial charge in [0.1, 0.15) is 12.2 Å². The van der Waals surface area contributed by atoms with Gasteiger partial charge in [-0.3, -0.25) is 19.2 Å². The van der Waals surface area contributed by atoms with E-state index in [2.05, 4.69) is 60.1 Å². The van der Waals surface area contributed by atoms with Crippen molar-refractivity contribution in [2.45, 2.75) is 34.6 Å². The van der Waals surface area contributed by atoms with Crippen LogP contribution in [0.15, 0.2) is 24.8 Å². The van der Waals surface area contributed by atoms with E-state index >= 15 is 0 Å². The number of nitrogens with two attached hydrogens (primary N) is 1. The van der Waals surface area contributed by atoms with Gasteiger partial charge in [0.15, 0.2) is 5.41 Å². The van der Waals surface area contributed by atoms with Gasteiger partial charge in [0, 0.05) is 23.7 Å². The summed E-state index contributed by atoms with van der Waals surface area (Å²) in [7, 11) is 4.25. The molecule has 3 N–H and O–H groups in total. The molecule has 1 saturated carbocycles. The van der Waals surface area contributed by atoms with Crippen molar-refractivity contribution in [1.29, 1.82) is 0 Å². The van der Waals surface area contributed by atoms with E-state index in [0.717, 1.165) is 24.9 Å². The standard InChI is InChI=1S/C8H11NO3.C5H8O3.C4H6Br2.CH4O.CH3O.2CH4.Na/c1-3-5-4-8(5,6(9)10)7(11)12-2;1-4(6)3-5(7)8-2;5-3-1-2-4-6;2*1-2;;;/h3,5H,1,4H2,2H3,(H2,9,10);3H2,1-2H3;1-2H,3-4H2;2H,1H3;1H3;2*1H4;/q;;;;-1;;;+1/b;;2-1+;;;;;/t5-,8+;;;;;;;/m0......./s1. The Hall–Kier alpha value is -0.560. The molecule has 2 atom stereocenters. The zero-order chi connectivity index (χ0) is 24.8.